The third-order valence-corrected chi connectivity index (χ3v) is 14.3. The number of aromatic amines is 2. The van der Waals surface area contributed by atoms with E-state index in [0.29, 0.717) is 28.3 Å². The van der Waals surface area contributed by atoms with Crippen LogP contribution in [-0.2, 0) is 117 Å². The highest BCUT2D eigenvalue weighted by molar-refractivity contribution is 6.76. The number of carbonyl (C=O) groups excluding carboxylic acids is 9. The lowest BCUT2D eigenvalue weighted by molar-refractivity contribution is -0.141. The van der Waals surface area contributed by atoms with Gasteiger partial charge >= 0.3 is 47.8 Å². The molecule has 392 valence electrons. The Morgan fingerprint density at radius 1 is 0.569 bits per heavy atom. The van der Waals surface area contributed by atoms with Crippen LogP contribution in [0.5, 0.6) is 0 Å². The molecule has 1 aliphatic rings. The zero-order valence-electron chi connectivity index (χ0n) is 42.9. The number of hydrogen-bond donors (Lipinski definition) is 2. The minimum atomic E-state index is -1.71. The van der Waals surface area contributed by atoms with Crippen LogP contribution in [0.1, 0.15) is 99.2 Å². The lowest BCUT2D eigenvalue weighted by atomic mass is 9.76. The predicted molar refractivity (Wildman–Crippen MR) is 260 cm³/mol. The van der Waals surface area contributed by atoms with Gasteiger partial charge < -0.3 is 52.8 Å². The highest BCUT2D eigenvalue weighted by Crippen LogP contribution is 2.46. The molecule has 0 saturated carbocycles. The molecule has 2 N–H and O–H groups in total. The molecular formula is C51H67N3O17Si. The van der Waals surface area contributed by atoms with Crippen molar-refractivity contribution < 1.29 is 81.0 Å². The average Bonchev–Trinajstić information content (AvgIpc) is 3.97. The van der Waals surface area contributed by atoms with Gasteiger partial charge in [0.1, 0.15) is 18.0 Å². The molecule has 1 amide bonds. The zero-order chi connectivity index (χ0) is 53.3. The normalized spacial score (nSPS) is 14.3. The highest BCUT2D eigenvalue weighted by Gasteiger charge is 2.51. The first-order valence-corrected chi connectivity index (χ1v) is 27.1. The summed E-state index contributed by atoms with van der Waals surface area (Å²) in [6.45, 7) is 7.45. The van der Waals surface area contributed by atoms with Crippen molar-refractivity contribution in [3.05, 3.63) is 92.1 Å². The Morgan fingerprint density at radius 3 is 1.54 bits per heavy atom. The molecule has 0 bridgehead atoms. The molecule has 72 heavy (non-hydrogen) atoms. The quantitative estimate of drug-likeness (QED) is 0.0462. The Morgan fingerprint density at radius 2 is 1.03 bits per heavy atom. The monoisotopic (exact) mass is 1020 g/mol. The minimum absolute atomic E-state index is 0.00783. The van der Waals surface area contributed by atoms with Crippen LogP contribution < -0.4 is 0 Å². The summed E-state index contributed by atoms with van der Waals surface area (Å²) in [5.74, 6) is -6.16. The number of aromatic nitrogens is 2. The van der Waals surface area contributed by atoms with Crippen LogP contribution in [0.25, 0.3) is 0 Å². The largest absolute Gasteiger partial charge is 0.469 e. The molecule has 4 rings (SSSR count). The predicted octanol–water partition coefficient (Wildman–Crippen LogP) is 5.04. The molecule has 1 aliphatic heterocycles. The zero-order valence-corrected chi connectivity index (χ0v) is 43.9. The van der Waals surface area contributed by atoms with E-state index in [-0.39, 0.29) is 111 Å². The van der Waals surface area contributed by atoms with E-state index in [2.05, 4.69) is 29.6 Å². The second-order valence-electron chi connectivity index (χ2n) is 18.4. The van der Waals surface area contributed by atoms with E-state index < -0.39 is 86.5 Å². The molecular weight excluding hydrogens is 955 g/mol. The maximum atomic E-state index is 14.4. The first-order chi connectivity index (χ1) is 34.1. The summed E-state index contributed by atoms with van der Waals surface area (Å²) >= 11 is 0. The number of rotatable bonds is 26. The average molecular weight is 1020 g/mol. The lowest BCUT2D eigenvalue weighted by Gasteiger charge is -2.41. The topological polar surface area (TPSA) is 262 Å². The van der Waals surface area contributed by atoms with E-state index in [1.54, 1.807) is 30.3 Å². The smallest absolute Gasteiger partial charge is 0.355 e. The second-order valence-corrected chi connectivity index (χ2v) is 24.1. The van der Waals surface area contributed by atoms with Gasteiger partial charge in [-0.2, -0.15) is 0 Å². The van der Waals surface area contributed by atoms with Gasteiger partial charge in [-0.1, -0.05) is 50.0 Å². The molecule has 0 spiro atoms. The molecule has 1 unspecified atom stereocenters. The molecule has 0 aliphatic carbocycles. The number of hydrogen-bond acceptors (Lipinski definition) is 17. The van der Waals surface area contributed by atoms with Crippen molar-refractivity contribution in [3.8, 4) is 0 Å². The number of ether oxygens (including phenoxy) is 8. The molecule has 2 aromatic heterocycles. The number of nitrogens with one attached hydrogen (secondary N) is 2. The highest BCUT2D eigenvalue weighted by atomic mass is 28.3. The van der Waals surface area contributed by atoms with Gasteiger partial charge in [0.05, 0.1) is 74.1 Å². The van der Waals surface area contributed by atoms with Crippen molar-refractivity contribution in [2.45, 2.75) is 115 Å². The number of methoxy groups -OCH3 is 6. The molecule has 3 aromatic rings. The first-order valence-electron chi connectivity index (χ1n) is 23.4. The van der Waals surface area contributed by atoms with Crippen LogP contribution in [-0.4, -0.2) is 138 Å². The third kappa shape index (κ3) is 15.2. The van der Waals surface area contributed by atoms with Crippen LogP contribution in [0.4, 0.5) is 0 Å². The van der Waals surface area contributed by atoms with Gasteiger partial charge in [0, 0.05) is 65.0 Å². The molecule has 1 atom stereocenters. The first kappa shape index (κ1) is 57.5. The summed E-state index contributed by atoms with van der Waals surface area (Å²) in [7, 11) is 5.48. The Labute approximate surface area is 419 Å². The van der Waals surface area contributed by atoms with Crippen molar-refractivity contribution in [2.24, 2.45) is 0 Å². The van der Waals surface area contributed by atoms with Crippen LogP contribution in [0.15, 0.2) is 41.5 Å². The Bertz CT molecular complexity index is 2520. The molecule has 0 fully saturated rings. The van der Waals surface area contributed by atoms with Gasteiger partial charge in [-0.05, 0) is 64.3 Å². The van der Waals surface area contributed by atoms with Crippen molar-refractivity contribution in [3.63, 3.8) is 0 Å². The fourth-order valence-electron chi connectivity index (χ4n) is 8.80. The Hall–Kier alpha value is -7.03. The Kier molecular flexibility index (Phi) is 21.1. The standard InChI is InChI=1S/C51H67N3O17Si/c1-31(55)54-29-33(16-19-41(56)64-2)38(26-46(61)69-7)51(54,28-40-36(24-44(59)67-5)35(18-21-43(58)66-4)47(53-40)49(62)70-22-23-72(8,9)10)27-39-34(17-20-42(57)65-3)37(25-45(60)68-6)48(52-39)50(63)71-30-32-14-12-11-13-15-32/h11-15,52-53H,16-30H2,1-10H3. The van der Waals surface area contributed by atoms with Crippen molar-refractivity contribution in [2.75, 3.05) is 55.8 Å². The molecule has 0 radical (unpaired) electrons. The molecule has 21 heteroatoms. The number of amides is 1. The number of nitrogens with zero attached hydrogens (tertiary/aromatic N) is 1. The number of benzene rings is 1. The maximum absolute atomic E-state index is 14.4. The maximum Gasteiger partial charge on any atom is 0.355 e. The van der Waals surface area contributed by atoms with E-state index in [0.717, 1.165) is 0 Å². The van der Waals surface area contributed by atoms with Gasteiger partial charge in [-0.25, -0.2) is 9.59 Å². The number of H-pyrrole nitrogens is 2. The summed E-state index contributed by atoms with van der Waals surface area (Å²) in [5.41, 5.74) is 0.874. The summed E-state index contributed by atoms with van der Waals surface area (Å²) < 4.78 is 42.0. The summed E-state index contributed by atoms with van der Waals surface area (Å²) in [4.78, 5) is 129. The van der Waals surface area contributed by atoms with Gasteiger partial charge in [-0.15, -0.1) is 0 Å². The lowest BCUT2D eigenvalue weighted by Crippen LogP contribution is -2.53. The summed E-state index contributed by atoms with van der Waals surface area (Å²) in [5, 5.41) is 0. The molecule has 0 saturated heterocycles. The van der Waals surface area contributed by atoms with E-state index in [4.69, 9.17) is 37.9 Å². The number of esters is 8. The molecule has 20 nitrogen and oxygen atoms in total. The molecule has 1 aromatic carbocycles. The Balaban J connectivity index is 2.17. The fourth-order valence-corrected chi connectivity index (χ4v) is 9.51. The fraction of sp³-hybridized carbons (Fsp3) is 0.510. The summed E-state index contributed by atoms with van der Waals surface area (Å²) in [6.07, 6.45) is -2.75. The van der Waals surface area contributed by atoms with Crippen LogP contribution in [0, 0.1) is 0 Å². The summed E-state index contributed by atoms with van der Waals surface area (Å²) in [6, 6.07) is 9.48. The van der Waals surface area contributed by atoms with Gasteiger partial charge in [0.15, 0.2) is 0 Å². The third-order valence-electron chi connectivity index (χ3n) is 12.6. The van der Waals surface area contributed by atoms with Gasteiger partial charge in [0.2, 0.25) is 5.91 Å². The second kappa shape index (κ2) is 26.4. The van der Waals surface area contributed by atoms with Crippen LogP contribution >= 0.6 is 0 Å². The van der Waals surface area contributed by atoms with E-state index in [1.807, 2.05) is 0 Å². The van der Waals surface area contributed by atoms with Crippen LogP contribution in [0.3, 0.4) is 0 Å². The van der Waals surface area contributed by atoms with E-state index >= 15 is 0 Å². The van der Waals surface area contributed by atoms with Crippen molar-refractivity contribution in [1.29, 1.82) is 0 Å². The molecule has 3 heterocycles. The SMILES string of the molecule is COC(=O)CCC1=C(CC(=O)OC)C(Cc2[nH]c(C(=O)OCC[Si](C)(C)C)c(CCC(=O)OC)c2CC(=O)OC)(Cc2[nH]c(C(=O)OCc3ccccc3)c(CC(=O)OC)c2CCC(=O)OC)N(C(C)=O)C1. The van der Waals surface area contributed by atoms with Gasteiger partial charge in [-0.3, -0.25) is 33.6 Å². The number of carbonyl (C=O) groups is 9. The van der Waals surface area contributed by atoms with Crippen LogP contribution in [0.2, 0.25) is 25.7 Å². The van der Waals surface area contributed by atoms with Crippen molar-refractivity contribution >= 4 is 61.7 Å². The van der Waals surface area contributed by atoms with Gasteiger partial charge in [0.25, 0.3) is 0 Å². The van der Waals surface area contributed by atoms with E-state index in [1.165, 1.54) is 54.5 Å². The minimum Gasteiger partial charge on any atom is -0.469 e. The van der Waals surface area contributed by atoms with E-state index in [9.17, 15) is 43.2 Å². The van der Waals surface area contributed by atoms with Crippen molar-refractivity contribution in [1.82, 2.24) is 14.9 Å².